The minimum absolute atomic E-state index is 0.307. The van der Waals surface area contributed by atoms with Gasteiger partial charge in [-0.2, -0.15) is 0 Å². The third-order valence-corrected chi connectivity index (χ3v) is 10.8. The highest BCUT2D eigenvalue weighted by molar-refractivity contribution is 8.08. The molecule has 0 bridgehead atoms. The topological polar surface area (TPSA) is 41.7 Å². The number of rotatable bonds is 5. The van der Waals surface area contributed by atoms with Gasteiger partial charge in [-0.25, -0.2) is 9.98 Å². The molecule has 0 fully saturated rings. The van der Waals surface area contributed by atoms with Crippen LogP contribution in [0.5, 0.6) is 0 Å². The Morgan fingerprint density at radius 1 is 0.609 bits per heavy atom. The fourth-order valence-electron chi connectivity index (χ4n) is 7.12. The molecule has 2 atom stereocenters. The molecule has 2 aliphatic heterocycles. The molecule has 4 nitrogen and oxygen atoms in total. The van der Waals surface area contributed by atoms with Gasteiger partial charge in [0.25, 0.3) is 0 Å². The highest BCUT2D eigenvalue weighted by Crippen LogP contribution is 2.57. The summed E-state index contributed by atoms with van der Waals surface area (Å²) in [5.74, 6) is 1.67. The van der Waals surface area contributed by atoms with Gasteiger partial charge in [0.05, 0.1) is 5.52 Å². The fraction of sp³-hybridized carbons (Fsp3) is 0.122. The molecular weight excluding hydrogens is 581 g/mol. The summed E-state index contributed by atoms with van der Waals surface area (Å²) in [6.45, 7) is 0. The minimum atomic E-state index is -0.307. The van der Waals surface area contributed by atoms with Crippen LogP contribution in [0, 0.1) is 0 Å². The van der Waals surface area contributed by atoms with Gasteiger partial charge in [-0.3, -0.25) is 0 Å². The number of amidine groups is 2. The highest BCUT2D eigenvalue weighted by atomic mass is 32.2. The normalized spacial score (nSPS) is 18.9. The van der Waals surface area contributed by atoms with Crippen LogP contribution >= 0.6 is 11.8 Å². The van der Waals surface area contributed by atoms with Crippen molar-refractivity contribution in [2.45, 2.75) is 30.7 Å². The molecule has 2 unspecified atom stereocenters. The van der Waals surface area contributed by atoms with Crippen LogP contribution in [0.1, 0.15) is 57.8 Å². The molecule has 46 heavy (non-hydrogen) atoms. The van der Waals surface area contributed by atoms with Crippen LogP contribution in [-0.2, 0) is 6.42 Å². The number of benzene rings is 5. The lowest BCUT2D eigenvalue weighted by molar-refractivity contribution is 0.756. The van der Waals surface area contributed by atoms with Gasteiger partial charge >= 0.3 is 0 Å². The van der Waals surface area contributed by atoms with Gasteiger partial charge in [0.2, 0.25) is 0 Å². The first-order valence-electron chi connectivity index (χ1n) is 16.0. The Morgan fingerprint density at radius 2 is 1.22 bits per heavy atom. The maximum Gasteiger partial charge on any atom is 0.169 e. The van der Waals surface area contributed by atoms with Crippen LogP contribution in [0.25, 0.3) is 21.5 Å². The van der Waals surface area contributed by atoms with E-state index in [4.69, 9.17) is 9.98 Å². The van der Waals surface area contributed by atoms with E-state index >= 15 is 0 Å². The molecule has 222 valence electrons. The molecule has 1 N–H and O–H groups in total. The molecule has 0 saturated heterocycles. The van der Waals surface area contributed by atoms with Crippen molar-refractivity contribution in [2.24, 2.45) is 9.98 Å². The SMILES string of the molecule is c1ccc(C2=NC(c3ccccc3)N=C(c3ccc(-n4c5c(c6ccccc64)C4=C(CC5)CC(c5ccccc5)S4)cc3)N2)cc1. The molecule has 3 aliphatic rings. The Morgan fingerprint density at radius 3 is 1.93 bits per heavy atom. The van der Waals surface area contributed by atoms with Crippen molar-refractivity contribution in [3.05, 3.63) is 179 Å². The largest absolute Gasteiger partial charge is 0.324 e. The number of aliphatic imine (C=N–C) groups is 2. The number of fused-ring (bicyclic) bond motifs is 4. The van der Waals surface area contributed by atoms with Crippen LogP contribution in [0.2, 0.25) is 0 Å². The van der Waals surface area contributed by atoms with E-state index in [2.05, 4.69) is 125 Å². The standard InChI is InChI=1S/C41H32N4S/c1-4-12-27(13-5-1)36-26-31-22-25-35-37(38(31)46-36)33-18-10-11-19-34(33)45(35)32-23-20-30(21-24-32)41-43-39(28-14-6-2-7-15-28)42-40(44-41)29-16-8-3-9-17-29/h1-21,23-24,36,39H,22,25-26H2,(H,42,43,44). The Kier molecular flexibility index (Phi) is 6.71. The molecular formula is C41H32N4S. The van der Waals surface area contributed by atoms with E-state index in [0.29, 0.717) is 5.25 Å². The number of hydrogen-bond acceptors (Lipinski definition) is 4. The number of allylic oxidation sites excluding steroid dienone is 1. The molecule has 1 aliphatic carbocycles. The fourth-order valence-corrected chi connectivity index (χ4v) is 8.68. The van der Waals surface area contributed by atoms with Crippen molar-refractivity contribution in [1.82, 2.24) is 9.88 Å². The quantitative estimate of drug-likeness (QED) is 0.211. The Bertz CT molecular complexity index is 2160. The molecule has 3 heterocycles. The molecule has 6 aromatic rings. The van der Waals surface area contributed by atoms with Crippen molar-refractivity contribution >= 4 is 39.2 Å². The summed E-state index contributed by atoms with van der Waals surface area (Å²) in [4.78, 5) is 11.6. The Hall–Kier alpha value is -5.13. The molecule has 0 saturated carbocycles. The molecule has 5 aromatic carbocycles. The molecule has 0 spiro atoms. The van der Waals surface area contributed by atoms with Crippen LogP contribution < -0.4 is 5.32 Å². The van der Waals surface area contributed by atoms with Crippen molar-refractivity contribution in [3.8, 4) is 5.69 Å². The third-order valence-electron chi connectivity index (χ3n) is 9.33. The lowest BCUT2D eigenvalue weighted by atomic mass is 9.92. The molecule has 9 rings (SSSR count). The van der Waals surface area contributed by atoms with Crippen molar-refractivity contribution in [2.75, 3.05) is 0 Å². The van der Waals surface area contributed by atoms with Gasteiger partial charge in [0, 0.05) is 43.6 Å². The van der Waals surface area contributed by atoms with Crippen LogP contribution in [-0.4, -0.2) is 16.2 Å². The summed E-state index contributed by atoms with van der Waals surface area (Å²) in [5.41, 5.74) is 11.5. The maximum atomic E-state index is 5.08. The predicted octanol–water partition coefficient (Wildman–Crippen LogP) is 9.66. The smallest absolute Gasteiger partial charge is 0.169 e. The number of nitrogens with one attached hydrogen (secondary N) is 1. The number of para-hydroxylation sites is 1. The Balaban J connectivity index is 1.08. The second-order valence-electron chi connectivity index (χ2n) is 12.1. The molecule has 5 heteroatoms. The van der Waals surface area contributed by atoms with Gasteiger partial charge in [-0.15, -0.1) is 11.8 Å². The molecule has 0 amide bonds. The van der Waals surface area contributed by atoms with Gasteiger partial charge in [-0.1, -0.05) is 115 Å². The average Bonchev–Trinajstić information content (AvgIpc) is 3.72. The summed E-state index contributed by atoms with van der Waals surface area (Å²) in [5, 5.41) is 5.39. The second kappa shape index (κ2) is 11.3. The van der Waals surface area contributed by atoms with Crippen LogP contribution in [0.15, 0.2) is 155 Å². The van der Waals surface area contributed by atoms with Gasteiger partial charge < -0.3 is 9.88 Å². The predicted molar refractivity (Wildman–Crippen MR) is 192 cm³/mol. The first-order chi connectivity index (χ1) is 22.8. The van der Waals surface area contributed by atoms with E-state index in [1.54, 1.807) is 5.57 Å². The van der Waals surface area contributed by atoms with Gasteiger partial charge in [0.1, 0.15) is 11.7 Å². The minimum Gasteiger partial charge on any atom is -0.324 e. The zero-order chi connectivity index (χ0) is 30.5. The lowest BCUT2D eigenvalue weighted by Crippen LogP contribution is -2.36. The van der Waals surface area contributed by atoms with Crippen LogP contribution in [0.4, 0.5) is 0 Å². The average molecular weight is 613 g/mol. The lowest BCUT2D eigenvalue weighted by Gasteiger charge is -2.22. The van der Waals surface area contributed by atoms with E-state index in [0.717, 1.165) is 47.6 Å². The molecule has 0 radical (unpaired) electrons. The van der Waals surface area contributed by atoms with E-state index in [1.165, 1.54) is 38.3 Å². The van der Waals surface area contributed by atoms with E-state index in [9.17, 15) is 0 Å². The first-order valence-corrected chi connectivity index (χ1v) is 16.9. The second-order valence-corrected chi connectivity index (χ2v) is 13.3. The monoisotopic (exact) mass is 612 g/mol. The summed E-state index contributed by atoms with van der Waals surface area (Å²) in [7, 11) is 0. The van der Waals surface area contributed by atoms with E-state index in [1.807, 2.05) is 36.4 Å². The van der Waals surface area contributed by atoms with Gasteiger partial charge in [-0.05, 0) is 60.7 Å². The number of nitrogens with zero attached hydrogens (tertiary/aromatic N) is 3. The summed E-state index contributed by atoms with van der Waals surface area (Å²) in [6.07, 6.45) is 3.01. The zero-order valence-electron chi connectivity index (χ0n) is 25.3. The zero-order valence-corrected chi connectivity index (χ0v) is 26.1. The van der Waals surface area contributed by atoms with Crippen LogP contribution in [0.3, 0.4) is 0 Å². The summed E-state index contributed by atoms with van der Waals surface area (Å²) < 4.78 is 2.49. The Labute approximate surface area is 273 Å². The highest BCUT2D eigenvalue weighted by Gasteiger charge is 2.34. The third kappa shape index (κ3) is 4.70. The summed E-state index contributed by atoms with van der Waals surface area (Å²) in [6, 6.07) is 49.4. The van der Waals surface area contributed by atoms with Crippen molar-refractivity contribution in [1.29, 1.82) is 0 Å². The number of thioether (sulfide) groups is 1. The number of hydrogen-bond donors (Lipinski definition) is 1. The van der Waals surface area contributed by atoms with Crippen molar-refractivity contribution in [3.63, 3.8) is 0 Å². The van der Waals surface area contributed by atoms with Gasteiger partial charge in [0.15, 0.2) is 6.17 Å². The van der Waals surface area contributed by atoms with E-state index in [-0.39, 0.29) is 6.17 Å². The van der Waals surface area contributed by atoms with E-state index < -0.39 is 0 Å². The number of aromatic nitrogens is 1. The first kappa shape index (κ1) is 27.2. The van der Waals surface area contributed by atoms with Crippen molar-refractivity contribution < 1.29 is 0 Å². The maximum absolute atomic E-state index is 5.08. The molecule has 1 aromatic heterocycles. The summed E-state index contributed by atoms with van der Waals surface area (Å²) >= 11 is 2.06.